The molecule has 0 aliphatic carbocycles. The molecule has 0 aliphatic rings. The van der Waals surface area contributed by atoms with E-state index in [0.717, 1.165) is 39.0 Å². The fraction of sp³-hybridized carbons (Fsp3) is 0.0455. The average molecular weight is 364 g/mol. The van der Waals surface area contributed by atoms with Crippen molar-refractivity contribution in [1.82, 2.24) is 4.98 Å². The number of hydrogen-bond acceptors (Lipinski definition) is 2. The zero-order valence-corrected chi connectivity index (χ0v) is 14.8. The van der Waals surface area contributed by atoms with Crippen molar-refractivity contribution in [1.29, 1.82) is 0 Å². The van der Waals surface area contributed by atoms with E-state index in [0.29, 0.717) is 5.02 Å². The van der Waals surface area contributed by atoms with Crippen molar-refractivity contribution in [3.8, 4) is 28.1 Å². The molecule has 0 unspecified atom stereocenters. The Labute approximate surface area is 155 Å². The van der Waals surface area contributed by atoms with Gasteiger partial charge in [-0.2, -0.15) is 0 Å². The standard InChI is InChI=1S/C22H15ClFNO/c1-26-17-12-8-15(9-13-17)22-20(14-6-10-16(24)11-7-14)21(23)18-4-2-3-5-19(18)25-22/h2-13H,1H3. The highest BCUT2D eigenvalue weighted by molar-refractivity contribution is 6.38. The zero-order valence-electron chi connectivity index (χ0n) is 14.0. The minimum absolute atomic E-state index is 0.287. The van der Waals surface area contributed by atoms with Gasteiger partial charge in [0.15, 0.2) is 0 Å². The Morgan fingerprint density at radius 3 is 2.19 bits per heavy atom. The van der Waals surface area contributed by atoms with Gasteiger partial charge in [-0.1, -0.05) is 41.9 Å². The van der Waals surface area contributed by atoms with Crippen LogP contribution in [0.1, 0.15) is 0 Å². The molecule has 0 amide bonds. The first-order valence-electron chi connectivity index (χ1n) is 8.16. The third kappa shape index (κ3) is 2.91. The molecule has 0 atom stereocenters. The van der Waals surface area contributed by atoms with Crippen LogP contribution < -0.4 is 4.74 Å². The number of para-hydroxylation sites is 1. The van der Waals surface area contributed by atoms with Crippen molar-refractivity contribution in [2.45, 2.75) is 0 Å². The van der Waals surface area contributed by atoms with E-state index in [9.17, 15) is 4.39 Å². The van der Waals surface area contributed by atoms with Crippen LogP contribution >= 0.6 is 11.6 Å². The van der Waals surface area contributed by atoms with Crippen LogP contribution in [0.15, 0.2) is 72.8 Å². The fourth-order valence-corrected chi connectivity index (χ4v) is 3.37. The molecule has 0 saturated heterocycles. The van der Waals surface area contributed by atoms with Crippen LogP contribution in [0.5, 0.6) is 5.75 Å². The highest BCUT2D eigenvalue weighted by Gasteiger charge is 2.17. The molecule has 26 heavy (non-hydrogen) atoms. The maximum atomic E-state index is 13.4. The molecule has 2 nitrogen and oxygen atoms in total. The average Bonchev–Trinajstić information content (AvgIpc) is 2.69. The van der Waals surface area contributed by atoms with Crippen LogP contribution in [-0.4, -0.2) is 12.1 Å². The lowest BCUT2D eigenvalue weighted by atomic mass is 9.97. The summed E-state index contributed by atoms with van der Waals surface area (Å²) in [6.45, 7) is 0. The van der Waals surface area contributed by atoms with Crippen molar-refractivity contribution < 1.29 is 9.13 Å². The lowest BCUT2D eigenvalue weighted by Gasteiger charge is -2.14. The normalized spacial score (nSPS) is 10.9. The summed E-state index contributed by atoms with van der Waals surface area (Å²) in [6.07, 6.45) is 0. The van der Waals surface area contributed by atoms with Crippen molar-refractivity contribution in [2.75, 3.05) is 7.11 Å². The molecule has 0 saturated carbocycles. The molecular weight excluding hydrogens is 349 g/mol. The Hall–Kier alpha value is -2.91. The molecule has 4 heteroatoms. The van der Waals surface area contributed by atoms with Crippen LogP contribution in [-0.2, 0) is 0 Å². The Morgan fingerprint density at radius 1 is 0.846 bits per heavy atom. The quantitative estimate of drug-likeness (QED) is 0.422. The number of methoxy groups -OCH3 is 1. The van der Waals surface area contributed by atoms with Gasteiger partial charge in [-0.05, 0) is 48.0 Å². The SMILES string of the molecule is COc1ccc(-c2nc3ccccc3c(Cl)c2-c2ccc(F)cc2)cc1. The maximum Gasteiger partial charge on any atom is 0.123 e. The molecule has 0 spiro atoms. The number of aromatic nitrogens is 1. The molecule has 4 rings (SSSR count). The van der Waals surface area contributed by atoms with Gasteiger partial charge < -0.3 is 4.74 Å². The van der Waals surface area contributed by atoms with Gasteiger partial charge in [-0.25, -0.2) is 9.37 Å². The topological polar surface area (TPSA) is 22.1 Å². The first-order chi connectivity index (χ1) is 12.7. The summed E-state index contributed by atoms with van der Waals surface area (Å²) in [5.41, 5.74) is 4.09. The summed E-state index contributed by atoms with van der Waals surface area (Å²) in [5.74, 6) is 0.480. The predicted octanol–water partition coefficient (Wildman–Crippen LogP) is 6.37. The van der Waals surface area contributed by atoms with Gasteiger partial charge in [0, 0.05) is 16.5 Å². The van der Waals surface area contributed by atoms with Crippen LogP contribution in [0.3, 0.4) is 0 Å². The monoisotopic (exact) mass is 363 g/mol. The molecule has 0 bridgehead atoms. The first kappa shape index (κ1) is 16.6. The van der Waals surface area contributed by atoms with Gasteiger partial charge in [0.1, 0.15) is 11.6 Å². The van der Waals surface area contributed by atoms with Gasteiger partial charge in [-0.3, -0.25) is 0 Å². The van der Waals surface area contributed by atoms with Gasteiger partial charge in [0.2, 0.25) is 0 Å². The Bertz CT molecular complexity index is 1080. The minimum atomic E-state index is -0.287. The second-order valence-corrected chi connectivity index (χ2v) is 6.28. The summed E-state index contributed by atoms with van der Waals surface area (Å²) in [7, 11) is 1.63. The number of hydrogen-bond donors (Lipinski definition) is 0. The highest BCUT2D eigenvalue weighted by Crippen LogP contribution is 2.40. The van der Waals surface area contributed by atoms with Crippen molar-refractivity contribution >= 4 is 22.5 Å². The van der Waals surface area contributed by atoms with Gasteiger partial charge in [-0.15, -0.1) is 0 Å². The molecule has 4 aromatic rings. The van der Waals surface area contributed by atoms with Gasteiger partial charge >= 0.3 is 0 Å². The number of rotatable bonds is 3. The van der Waals surface area contributed by atoms with E-state index < -0.39 is 0 Å². The van der Waals surface area contributed by atoms with Crippen molar-refractivity contribution in [3.05, 3.63) is 83.6 Å². The van der Waals surface area contributed by atoms with E-state index >= 15 is 0 Å². The van der Waals surface area contributed by atoms with E-state index in [1.165, 1.54) is 12.1 Å². The number of benzene rings is 3. The molecule has 0 aliphatic heterocycles. The molecule has 0 N–H and O–H groups in total. The first-order valence-corrected chi connectivity index (χ1v) is 8.54. The second-order valence-electron chi connectivity index (χ2n) is 5.90. The van der Waals surface area contributed by atoms with E-state index in [-0.39, 0.29) is 5.82 Å². The Morgan fingerprint density at radius 2 is 1.50 bits per heavy atom. The largest absolute Gasteiger partial charge is 0.497 e. The molecule has 1 heterocycles. The van der Waals surface area contributed by atoms with Crippen molar-refractivity contribution in [2.24, 2.45) is 0 Å². The lowest BCUT2D eigenvalue weighted by molar-refractivity contribution is 0.415. The summed E-state index contributed by atoms with van der Waals surface area (Å²) in [5, 5.41) is 1.47. The molecule has 3 aromatic carbocycles. The van der Waals surface area contributed by atoms with Crippen LogP contribution in [0.2, 0.25) is 5.02 Å². The van der Waals surface area contributed by atoms with Gasteiger partial charge in [0.25, 0.3) is 0 Å². The molecule has 0 fully saturated rings. The predicted molar refractivity (Wildman–Crippen MR) is 104 cm³/mol. The van der Waals surface area contributed by atoms with E-state index in [2.05, 4.69) is 0 Å². The fourth-order valence-electron chi connectivity index (χ4n) is 3.01. The summed E-state index contributed by atoms with van der Waals surface area (Å²) >= 11 is 6.77. The smallest absolute Gasteiger partial charge is 0.123 e. The number of halogens is 2. The Kier molecular flexibility index (Phi) is 4.31. The Balaban J connectivity index is 2.02. The van der Waals surface area contributed by atoms with Crippen LogP contribution in [0, 0.1) is 5.82 Å². The highest BCUT2D eigenvalue weighted by atomic mass is 35.5. The second kappa shape index (κ2) is 6.77. The molecular formula is C22H15ClFNO. The summed E-state index contributed by atoms with van der Waals surface area (Å²) in [4.78, 5) is 4.84. The third-order valence-corrected chi connectivity index (χ3v) is 4.72. The minimum Gasteiger partial charge on any atom is -0.497 e. The van der Waals surface area contributed by atoms with E-state index in [4.69, 9.17) is 21.3 Å². The summed E-state index contributed by atoms with van der Waals surface area (Å²) in [6, 6.07) is 21.7. The number of ether oxygens (including phenoxy) is 1. The number of fused-ring (bicyclic) bond motifs is 1. The number of pyridine rings is 1. The van der Waals surface area contributed by atoms with Crippen molar-refractivity contribution in [3.63, 3.8) is 0 Å². The summed E-state index contributed by atoms with van der Waals surface area (Å²) < 4.78 is 18.6. The van der Waals surface area contributed by atoms with E-state index in [1.54, 1.807) is 19.2 Å². The molecule has 128 valence electrons. The zero-order chi connectivity index (χ0) is 18.1. The third-order valence-electron chi connectivity index (χ3n) is 4.33. The van der Waals surface area contributed by atoms with Crippen LogP contribution in [0.25, 0.3) is 33.3 Å². The van der Waals surface area contributed by atoms with E-state index in [1.807, 2.05) is 48.5 Å². The lowest BCUT2D eigenvalue weighted by Crippen LogP contribution is -1.94. The maximum absolute atomic E-state index is 13.4. The van der Waals surface area contributed by atoms with Crippen LogP contribution in [0.4, 0.5) is 4.39 Å². The van der Waals surface area contributed by atoms with Gasteiger partial charge in [0.05, 0.1) is 23.3 Å². The molecule has 1 aromatic heterocycles. The number of nitrogens with zero attached hydrogens (tertiary/aromatic N) is 1. The molecule has 0 radical (unpaired) electrons.